The first-order valence-electron chi connectivity index (χ1n) is 8.76. The summed E-state index contributed by atoms with van der Waals surface area (Å²) in [5.41, 5.74) is 1.60. The molecule has 1 aliphatic rings. The number of para-hydroxylation sites is 1. The van der Waals surface area contributed by atoms with Gasteiger partial charge in [-0.3, -0.25) is 0 Å². The van der Waals surface area contributed by atoms with E-state index in [-0.39, 0.29) is 17.8 Å². The van der Waals surface area contributed by atoms with Crippen LogP contribution in [0.1, 0.15) is 18.5 Å². The number of carbonyl (C=O) groups is 1. The quantitative estimate of drug-likeness (QED) is 0.841. The molecule has 0 unspecified atom stereocenters. The minimum atomic E-state index is -0.330. The summed E-state index contributed by atoms with van der Waals surface area (Å²) in [6, 6.07) is 16.3. The first kappa shape index (κ1) is 17.4. The average Bonchev–Trinajstić information content (AvgIpc) is 2.64. The third-order valence-corrected chi connectivity index (χ3v) is 4.66. The van der Waals surface area contributed by atoms with E-state index < -0.39 is 0 Å². The minimum absolute atomic E-state index is 0.192. The highest BCUT2D eigenvalue weighted by atomic mass is 19.1. The molecule has 1 saturated heterocycles. The molecule has 1 fully saturated rings. The summed E-state index contributed by atoms with van der Waals surface area (Å²) in [5.74, 6) is -0.390. The Balaban J connectivity index is 1.74. The molecule has 1 atom stereocenters. The van der Waals surface area contributed by atoms with E-state index in [1.165, 1.54) is 6.07 Å². The molecule has 2 aromatic rings. The van der Waals surface area contributed by atoms with Crippen LogP contribution in [0.4, 0.5) is 10.1 Å². The number of halogens is 1. The van der Waals surface area contributed by atoms with Crippen molar-refractivity contribution in [1.82, 2.24) is 0 Å². The molecule has 0 aromatic heterocycles. The number of rotatable bonds is 5. The molecule has 0 spiro atoms. The van der Waals surface area contributed by atoms with Gasteiger partial charge in [0.15, 0.2) is 0 Å². The second-order valence-corrected chi connectivity index (χ2v) is 6.19. The van der Waals surface area contributed by atoms with Crippen molar-refractivity contribution in [3.05, 3.63) is 66.0 Å². The molecule has 5 heteroatoms. The Morgan fingerprint density at radius 2 is 1.76 bits per heavy atom. The number of hydrogen-bond acceptors (Lipinski definition) is 3. The fourth-order valence-corrected chi connectivity index (χ4v) is 3.44. The Bertz CT molecular complexity index is 700. The topological polar surface area (TPSA) is 34.0 Å². The first-order chi connectivity index (χ1) is 12.2. The lowest BCUT2D eigenvalue weighted by molar-refractivity contribution is -0.923. The molecule has 0 amide bonds. The van der Waals surface area contributed by atoms with Gasteiger partial charge in [0.05, 0.1) is 38.5 Å². The van der Waals surface area contributed by atoms with Gasteiger partial charge in [0, 0.05) is 5.56 Å². The number of anilines is 1. The van der Waals surface area contributed by atoms with Gasteiger partial charge in [0.1, 0.15) is 5.82 Å². The van der Waals surface area contributed by atoms with Gasteiger partial charge in [-0.2, -0.15) is 0 Å². The molecule has 25 heavy (non-hydrogen) atoms. The van der Waals surface area contributed by atoms with Crippen molar-refractivity contribution in [1.29, 1.82) is 0 Å². The summed E-state index contributed by atoms with van der Waals surface area (Å²) in [5, 5.41) is 0. The van der Waals surface area contributed by atoms with E-state index in [2.05, 4.69) is 0 Å². The standard InChI is InChI=1S/C20H23FN2O2/c1-2-25-20(24)19(16-8-4-3-5-9-16)23-14-12-22(13-15-23)18-11-7-6-10-17(18)21/h3-11,19H,2,12-15H2,1H3/p+1/t19-/m0/s1. The number of carbonyl (C=O) groups excluding carboxylic acids is 1. The predicted octanol–water partition coefficient (Wildman–Crippen LogP) is 1.83. The summed E-state index contributed by atoms with van der Waals surface area (Å²) in [6.07, 6.45) is 0. The van der Waals surface area contributed by atoms with Crippen molar-refractivity contribution < 1.29 is 18.8 Å². The van der Waals surface area contributed by atoms with Crippen LogP contribution >= 0.6 is 0 Å². The summed E-state index contributed by atoms with van der Waals surface area (Å²) in [7, 11) is 0. The number of ether oxygens (including phenoxy) is 1. The number of esters is 1. The normalized spacial score (nSPS) is 16.5. The van der Waals surface area contributed by atoms with Crippen molar-refractivity contribution in [3.8, 4) is 0 Å². The number of piperazine rings is 1. The second kappa shape index (κ2) is 8.12. The lowest BCUT2D eigenvalue weighted by atomic mass is 10.0. The molecule has 0 aliphatic carbocycles. The number of hydrogen-bond donors (Lipinski definition) is 1. The molecule has 0 saturated carbocycles. The summed E-state index contributed by atoms with van der Waals surface area (Å²) < 4.78 is 19.3. The van der Waals surface area contributed by atoms with Crippen LogP contribution in [0.15, 0.2) is 54.6 Å². The van der Waals surface area contributed by atoms with Crippen LogP contribution in [0, 0.1) is 5.82 Å². The minimum Gasteiger partial charge on any atom is -0.461 e. The molecule has 3 rings (SSSR count). The number of benzene rings is 2. The van der Waals surface area contributed by atoms with Crippen molar-refractivity contribution in [2.75, 3.05) is 37.7 Å². The van der Waals surface area contributed by atoms with Crippen molar-refractivity contribution in [3.63, 3.8) is 0 Å². The zero-order chi connectivity index (χ0) is 17.6. The SMILES string of the molecule is CCOC(=O)[C@H](c1ccccc1)[NH+]1CCN(c2ccccc2F)CC1. The Kier molecular flexibility index (Phi) is 5.66. The van der Waals surface area contributed by atoms with E-state index in [9.17, 15) is 9.18 Å². The van der Waals surface area contributed by atoms with Gasteiger partial charge in [-0.1, -0.05) is 42.5 Å². The van der Waals surface area contributed by atoms with E-state index in [1.54, 1.807) is 12.1 Å². The van der Waals surface area contributed by atoms with Gasteiger partial charge in [-0.15, -0.1) is 0 Å². The third kappa shape index (κ3) is 3.99. The van der Waals surface area contributed by atoms with Crippen LogP contribution < -0.4 is 9.80 Å². The molecule has 0 radical (unpaired) electrons. The largest absolute Gasteiger partial charge is 0.461 e. The molecule has 2 aromatic carbocycles. The van der Waals surface area contributed by atoms with E-state index in [0.717, 1.165) is 23.6 Å². The fourth-order valence-electron chi connectivity index (χ4n) is 3.44. The van der Waals surface area contributed by atoms with E-state index in [0.29, 0.717) is 25.4 Å². The first-order valence-corrected chi connectivity index (χ1v) is 8.76. The van der Waals surface area contributed by atoms with Crippen LogP contribution in [-0.2, 0) is 9.53 Å². The Hall–Kier alpha value is -2.40. The highest BCUT2D eigenvalue weighted by Gasteiger charge is 2.35. The second-order valence-electron chi connectivity index (χ2n) is 6.19. The summed E-state index contributed by atoms with van der Waals surface area (Å²) in [4.78, 5) is 15.7. The molecule has 132 valence electrons. The van der Waals surface area contributed by atoms with Gasteiger partial charge in [-0.25, -0.2) is 9.18 Å². The number of nitrogens with zero attached hydrogens (tertiary/aromatic N) is 1. The van der Waals surface area contributed by atoms with Gasteiger partial charge in [0.2, 0.25) is 6.04 Å². The fraction of sp³-hybridized carbons (Fsp3) is 0.350. The van der Waals surface area contributed by atoms with Crippen LogP contribution in [0.25, 0.3) is 0 Å². The maximum Gasteiger partial charge on any atom is 0.369 e. The monoisotopic (exact) mass is 343 g/mol. The highest BCUT2D eigenvalue weighted by molar-refractivity contribution is 5.76. The Labute approximate surface area is 147 Å². The maximum atomic E-state index is 14.0. The maximum absolute atomic E-state index is 14.0. The number of quaternary nitrogens is 1. The van der Waals surface area contributed by atoms with Crippen molar-refractivity contribution in [2.24, 2.45) is 0 Å². The van der Waals surface area contributed by atoms with E-state index in [4.69, 9.17) is 4.74 Å². The highest BCUT2D eigenvalue weighted by Crippen LogP contribution is 2.19. The number of nitrogens with one attached hydrogen (secondary N) is 1. The Morgan fingerprint density at radius 3 is 2.40 bits per heavy atom. The molecular formula is C20H24FN2O2+. The lowest BCUT2D eigenvalue weighted by Crippen LogP contribution is -3.16. The van der Waals surface area contributed by atoms with Crippen LogP contribution in [0.5, 0.6) is 0 Å². The molecule has 4 nitrogen and oxygen atoms in total. The van der Waals surface area contributed by atoms with Gasteiger partial charge in [-0.05, 0) is 19.1 Å². The van der Waals surface area contributed by atoms with Gasteiger partial charge >= 0.3 is 5.97 Å². The van der Waals surface area contributed by atoms with Crippen LogP contribution in [0.2, 0.25) is 0 Å². The van der Waals surface area contributed by atoms with Gasteiger partial charge < -0.3 is 14.5 Å². The predicted molar refractivity (Wildman–Crippen MR) is 95.1 cm³/mol. The molecule has 1 heterocycles. The van der Waals surface area contributed by atoms with Crippen LogP contribution in [0.3, 0.4) is 0 Å². The summed E-state index contributed by atoms with van der Waals surface area (Å²) >= 11 is 0. The summed E-state index contributed by atoms with van der Waals surface area (Å²) in [6.45, 7) is 5.12. The Morgan fingerprint density at radius 1 is 1.12 bits per heavy atom. The average molecular weight is 343 g/mol. The molecular weight excluding hydrogens is 319 g/mol. The zero-order valence-corrected chi connectivity index (χ0v) is 14.5. The zero-order valence-electron chi connectivity index (χ0n) is 14.5. The van der Waals surface area contributed by atoms with Crippen LogP contribution in [-0.4, -0.2) is 38.8 Å². The van der Waals surface area contributed by atoms with E-state index in [1.807, 2.05) is 48.2 Å². The molecule has 1 aliphatic heterocycles. The smallest absolute Gasteiger partial charge is 0.369 e. The molecule has 1 N–H and O–H groups in total. The third-order valence-electron chi connectivity index (χ3n) is 4.66. The van der Waals surface area contributed by atoms with E-state index >= 15 is 0 Å². The van der Waals surface area contributed by atoms with Gasteiger partial charge in [0.25, 0.3) is 0 Å². The van der Waals surface area contributed by atoms with Crippen molar-refractivity contribution >= 4 is 11.7 Å². The van der Waals surface area contributed by atoms with Crippen molar-refractivity contribution in [2.45, 2.75) is 13.0 Å². The lowest BCUT2D eigenvalue weighted by Gasteiger charge is -2.36. The molecule has 0 bridgehead atoms.